The predicted octanol–water partition coefficient (Wildman–Crippen LogP) is 4.74. The number of nitrogens with zero attached hydrogens (tertiary/aromatic N) is 3. The minimum absolute atomic E-state index is 0.124. The molecule has 2 heterocycles. The van der Waals surface area contributed by atoms with Crippen LogP contribution in [0.4, 0.5) is 0 Å². The van der Waals surface area contributed by atoms with Crippen LogP contribution < -0.4 is 9.47 Å². The van der Waals surface area contributed by atoms with Crippen LogP contribution in [0.3, 0.4) is 0 Å². The zero-order valence-electron chi connectivity index (χ0n) is 23.4. The summed E-state index contributed by atoms with van der Waals surface area (Å²) in [7, 11) is 0. The zero-order chi connectivity index (χ0) is 28.3. The highest BCUT2D eigenvalue weighted by Crippen LogP contribution is 2.35. The number of rotatable bonds is 14. The van der Waals surface area contributed by atoms with Gasteiger partial charge in [-0.3, -0.25) is 9.98 Å². The van der Waals surface area contributed by atoms with Crippen molar-refractivity contribution >= 4 is 11.7 Å². The molecule has 212 valence electrons. The quantitative estimate of drug-likeness (QED) is 0.223. The lowest BCUT2D eigenvalue weighted by Gasteiger charge is -2.18. The first kappa shape index (κ1) is 29.2. The number of carbonyl (C=O) groups is 1. The zero-order valence-corrected chi connectivity index (χ0v) is 23.4. The summed E-state index contributed by atoms with van der Waals surface area (Å²) in [6, 6.07) is 15.8. The van der Waals surface area contributed by atoms with E-state index in [-0.39, 0.29) is 18.2 Å². The SMILES string of the molecule is Cc1c(OCCCN=C(Cc2cccnc2)C(=O)O)cccc1-c1cccc(OCCCN2CC[C@@H](O)C2)c1C. The highest BCUT2D eigenvalue weighted by atomic mass is 16.5. The highest BCUT2D eigenvalue weighted by Gasteiger charge is 2.19. The number of aliphatic carboxylic acids is 1. The van der Waals surface area contributed by atoms with Crippen LogP contribution in [0.5, 0.6) is 11.5 Å². The molecule has 1 saturated heterocycles. The lowest BCUT2D eigenvalue weighted by molar-refractivity contribution is -0.129. The fourth-order valence-corrected chi connectivity index (χ4v) is 4.97. The number of aromatic nitrogens is 1. The molecule has 1 aliphatic heterocycles. The standard InChI is InChI=1S/C32H39N3O5/c1-23-27(28-10-4-12-31(24(28)2)40-19-7-16-35-17-13-26(36)22-35)9-3-11-30(23)39-18-6-15-34-29(32(37)38)20-25-8-5-14-33-21-25/h3-5,8-12,14,21,26,36H,6-7,13,15-20,22H2,1-2H3,(H,37,38)/t26-/m1/s1. The molecule has 0 aliphatic carbocycles. The molecule has 1 fully saturated rings. The van der Waals surface area contributed by atoms with Crippen molar-refractivity contribution in [2.45, 2.75) is 45.6 Å². The average molecular weight is 546 g/mol. The van der Waals surface area contributed by atoms with E-state index in [0.717, 1.165) is 71.8 Å². The van der Waals surface area contributed by atoms with E-state index in [2.05, 4.69) is 40.9 Å². The molecule has 1 aromatic heterocycles. The molecule has 1 atom stereocenters. The summed E-state index contributed by atoms with van der Waals surface area (Å²) in [5.74, 6) is 0.665. The Labute approximate surface area is 236 Å². The van der Waals surface area contributed by atoms with Gasteiger partial charge in [-0.1, -0.05) is 30.3 Å². The molecular weight excluding hydrogens is 506 g/mol. The summed E-state index contributed by atoms with van der Waals surface area (Å²) in [6.45, 7) is 8.22. The number of carboxylic acids is 1. The van der Waals surface area contributed by atoms with Gasteiger partial charge in [0, 0.05) is 51.4 Å². The Hall–Kier alpha value is -3.75. The van der Waals surface area contributed by atoms with Gasteiger partial charge < -0.3 is 24.6 Å². The van der Waals surface area contributed by atoms with Crippen molar-refractivity contribution in [1.29, 1.82) is 0 Å². The van der Waals surface area contributed by atoms with Gasteiger partial charge in [-0.2, -0.15) is 0 Å². The van der Waals surface area contributed by atoms with Gasteiger partial charge in [-0.05, 0) is 72.7 Å². The van der Waals surface area contributed by atoms with E-state index < -0.39 is 5.97 Å². The summed E-state index contributed by atoms with van der Waals surface area (Å²) in [4.78, 5) is 22.2. The van der Waals surface area contributed by atoms with Crippen LogP contribution in [0.15, 0.2) is 65.9 Å². The van der Waals surface area contributed by atoms with Gasteiger partial charge in [-0.15, -0.1) is 0 Å². The fourth-order valence-electron chi connectivity index (χ4n) is 4.97. The lowest BCUT2D eigenvalue weighted by atomic mass is 9.95. The minimum atomic E-state index is -1.01. The third-order valence-corrected chi connectivity index (χ3v) is 7.19. The molecule has 0 unspecified atom stereocenters. The summed E-state index contributed by atoms with van der Waals surface area (Å²) in [5, 5.41) is 19.2. The smallest absolute Gasteiger partial charge is 0.350 e. The second kappa shape index (κ2) is 14.6. The van der Waals surface area contributed by atoms with Gasteiger partial charge in [0.1, 0.15) is 17.2 Å². The number of carboxylic acid groups (broad SMARTS) is 1. The Kier molecular flexibility index (Phi) is 10.7. The van der Waals surface area contributed by atoms with E-state index in [9.17, 15) is 15.0 Å². The molecule has 3 aromatic rings. The maximum absolute atomic E-state index is 11.6. The monoisotopic (exact) mass is 545 g/mol. The van der Waals surface area contributed by atoms with E-state index in [1.807, 2.05) is 30.3 Å². The molecule has 0 saturated carbocycles. The Bertz CT molecular complexity index is 1290. The van der Waals surface area contributed by atoms with Crippen molar-refractivity contribution in [2.24, 2.45) is 4.99 Å². The largest absolute Gasteiger partial charge is 0.493 e. The topological polar surface area (TPSA) is 104 Å². The molecule has 0 bridgehead atoms. The van der Waals surface area contributed by atoms with Crippen LogP contribution >= 0.6 is 0 Å². The molecule has 4 rings (SSSR count). The number of β-amino-alcohol motifs (C(OH)–C–C–N with tert-alkyl or cyclic N) is 1. The summed E-state index contributed by atoms with van der Waals surface area (Å²) >= 11 is 0. The van der Waals surface area contributed by atoms with Gasteiger partial charge in [0.2, 0.25) is 0 Å². The molecule has 1 aliphatic rings. The van der Waals surface area contributed by atoms with Gasteiger partial charge in [-0.25, -0.2) is 4.79 Å². The summed E-state index contributed by atoms with van der Waals surface area (Å²) in [6.07, 6.45) is 5.75. The molecule has 8 nitrogen and oxygen atoms in total. The van der Waals surface area contributed by atoms with Gasteiger partial charge in [0.25, 0.3) is 0 Å². The maximum Gasteiger partial charge on any atom is 0.350 e. The number of benzene rings is 2. The van der Waals surface area contributed by atoms with Crippen LogP contribution in [0.2, 0.25) is 0 Å². The van der Waals surface area contributed by atoms with Gasteiger partial charge in [0.05, 0.1) is 19.3 Å². The Balaban J connectivity index is 1.31. The second-order valence-electron chi connectivity index (χ2n) is 10.2. The van der Waals surface area contributed by atoms with E-state index in [4.69, 9.17) is 9.47 Å². The Morgan fingerprint density at radius 3 is 2.25 bits per heavy atom. The molecule has 2 aromatic carbocycles. The number of aliphatic imine (C=N–C) groups is 1. The van der Waals surface area contributed by atoms with Gasteiger partial charge in [0.15, 0.2) is 0 Å². The first-order valence-corrected chi connectivity index (χ1v) is 13.9. The maximum atomic E-state index is 11.6. The Morgan fingerprint density at radius 2 is 1.68 bits per heavy atom. The van der Waals surface area contributed by atoms with Crippen molar-refractivity contribution in [3.63, 3.8) is 0 Å². The third-order valence-electron chi connectivity index (χ3n) is 7.19. The first-order valence-electron chi connectivity index (χ1n) is 13.9. The van der Waals surface area contributed by atoms with E-state index in [1.165, 1.54) is 0 Å². The van der Waals surface area contributed by atoms with Crippen molar-refractivity contribution in [1.82, 2.24) is 9.88 Å². The average Bonchev–Trinajstić information content (AvgIpc) is 3.37. The van der Waals surface area contributed by atoms with Crippen LogP contribution in [0.1, 0.15) is 36.0 Å². The van der Waals surface area contributed by atoms with Crippen molar-refractivity contribution < 1.29 is 24.5 Å². The molecule has 40 heavy (non-hydrogen) atoms. The third kappa shape index (κ3) is 8.13. The van der Waals surface area contributed by atoms with Crippen LogP contribution in [0, 0.1) is 13.8 Å². The van der Waals surface area contributed by atoms with Crippen LogP contribution in [0.25, 0.3) is 11.1 Å². The predicted molar refractivity (Wildman–Crippen MR) is 157 cm³/mol. The summed E-state index contributed by atoms with van der Waals surface area (Å²) < 4.78 is 12.2. The van der Waals surface area contributed by atoms with E-state index >= 15 is 0 Å². The van der Waals surface area contributed by atoms with E-state index in [1.54, 1.807) is 18.5 Å². The first-order chi connectivity index (χ1) is 19.4. The number of hydrogen-bond acceptors (Lipinski definition) is 7. The fraction of sp³-hybridized carbons (Fsp3) is 0.406. The molecule has 2 N–H and O–H groups in total. The number of aliphatic hydroxyl groups is 1. The molecule has 0 radical (unpaired) electrons. The van der Waals surface area contributed by atoms with E-state index in [0.29, 0.717) is 26.2 Å². The highest BCUT2D eigenvalue weighted by molar-refractivity contribution is 6.36. The van der Waals surface area contributed by atoms with Crippen LogP contribution in [-0.2, 0) is 11.2 Å². The number of hydrogen-bond donors (Lipinski definition) is 2. The Morgan fingerprint density at radius 1 is 1.00 bits per heavy atom. The number of pyridine rings is 1. The second-order valence-corrected chi connectivity index (χ2v) is 10.2. The molecule has 0 spiro atoms. The van der Waals surface area contributed by atoms with Crippen molar-refractivity contribution in [3.05, 3.63) is 77.6 Å². The molecule has 8 heteroatoms. The van der Waals surface area contributed by atoms with Crippen molar-refractivity contribution in [3.8, 4) is 22.6 Å². The number of aliphatic hydroxyl groups excluding tert-OH is 1. The van der Waals surface area contributed by atoms with Crippen molar-refractivity contribution in [2.75, 3.05) is 39.4 Å². The minimum Gasteiger partial charge on any atom is -0.493 e. The van der Waals surface area contributed by atoms with Crippen LogP contribution in [-0.4, -0.2) is 77.3 Å². The molecule has 0 amide bonds. The summed E-state index contributed by atoms with van der Waals surface area (Å²) in [5.41, 5.74) is 5.27. The van der Waals surface area contributed by atoms with Gasteiger partial charge >= 0.3 is 5.97 Å². The number of likely N-dealkylation sites (tertiary alicyclic amines) is 1. The molecular formula is C32H39N3O5. The lowest BCUT2D eigenvalue weighted by Crippen LogP contribution is -2.24. The normalized spacial score (nSPS) is 15.8. The number of ether oxygens (including phenoxy) is 2.